The number of hydrogen-bond donors (Lipinski definition) is 0. The van der Waals surface area contributed by atoms with Crippen molar-refractivity contribution in [2.45, 2.75) is 6.42 Å². The van der Waals surface area contributed by atoms with Crippen LogP contribution in [-0.2, 0) is 13.5 Å². The van der Waals surface area contributed by atoms with Gasteiger partial charge in [-0.25, -0.2) is 0 Å². The van der Waals surface area contributed by atoms with Crippen LogP contribution in [-0.4, -0.2) is 18.8 Å². The SMILES string of the molecule is COc1cc(OC)c2c(c1)c(CC#N)cn2C. The normalized spacial score (nSPS) is 10.2. The minimum Gasteiger partial charge on any atom is -0.497 e. The van der Waals surface area contributed by atoms with Gasteiger partial charge in [-0.05, 0) is 11.6 Å². The lowest BCUT2D eigenvalue weighted by atomic mass is 10.1. The lowest BCUT2D eigenvalue weighted by molar-refractivity contribution is 0.397. The maximum Gasteiger partial charge on any atom is 0.146 e. The first-order valence-electron chi connectivity index (χ1n) is 5.28. The molecule has 0 saturated carbocycles. The van der Waals surface area contributed by atoms with Gasteiger partial charge in [-0.15, -0.1) is 0 Å². The van der Waals surface area contributed by atoms with E-state index in [9.17, 15) is 0 Å². The van der Waals surface area contributed by atoms with Crippen LogP contribution in [0.15, 0.2) is 18.3 Å². The van der Waals surface area contributed by atoms with E-state index in [4.69, 9.17) is 14.7 Å². The van der Waals surface area contributed by atoms with E-state index < -0.39 is 0 Å². The standard InChI is InChI=1S/C13H14N2O2/c1-15-8-9(4-5-14)11-6-10(16-2)7-12(17-3)13(11)15/h6-8H,4H2,1-3H3. The van der Waals surface area contributed by atoms with Gasteiger partial charge in [-0.2, -0.15) is 5.26 Å². The van der Waals surface area contributed by atoms with Crippen molar-refractivity contribution in [1.29, 1.82) is 5.26 Å². The summed E-state index contributed by atoms with van der Waals surface area (Å²) in [5.41, 5.74) is 1.97. The van der Waals surface area contributed by atoms with Gasteiger partial charge in [0.15, 0.2) is 0 Å². The third-order valence-electron chi connectivity index (χ3n) is 2.82. The maximum absolute atomic E-state index is 8.82. The molecule has 88 valence electrons. The van der Waals surface area contributed by atoms with E-state index in [0.29, 0.717) is 6.42 Å². The second-order valence-electron chi connectivity index (χ2n) is 3.83. The molecule has 0 bridgehead atoms. The molecule has 0 N–H and O–H groups in total. The van der Waals surface area contributed by atoms with Crippen molar-refractivity contribution < 1.29 is 9.47 Å². The van der Waals surface area contributed by atoms with Crippen molar-refractivity contribution in [3.05, 3.63) is 23.9 Å². The van der Waals surface area contributed by atoms with Crippen LogP contribution in [0.25, 0.3) is 10.9 Å². The average molecular weight is 230 g/mol. The summed E-state index contributed by atoms with van der Waals surface area (Å²) in [6.45, 7) is 0. The third kappa shape index (κ3) is 1.80. The third-order valence-corrected chi connectivity index (χ3v) is 2.82. The summed E-state index contributed by atoms with van der Waals surface area (Å²) in [6, 6.07) is 5.95. The number of hydrogen-bond acceptors (Lipinski definition) is 3. The molecule has 17 heavy (non-hydrogen) atoms. The highest BCUT2D eigenvalue weighted by Gasteiger charge is 2.13. The Morgan fingerprint density at radius 3 is 2.65 bits per heavy atom. The van der Waals surface area contributed by atoms with E-state index in [2.05, 4.69) is 6.07 Å². The molecule has 4 nitrogen and oxygen atoms in total. The van der Waals surface area contributed by atoms with Gasteiger partial charge in [0.2, 0.25) is 0 Å². The fourth-order valence-electron chi connectivity index (χ4n) is 2.06. The zero-order valence-electron chi connectivity index (χ0n) is 10.2. The Morgan fingerprint density at radius 2 is 2.06 bits per heavy atom. The van der Waals surface area contributed by atoms with Crippen LogP contribution in [0, 0.1) is 11.3 Å². The summed E-state index contributed by atoms with van der Waals surface area (Å²) >= 11 is 0. The summed E-state index contributed by atoms with van der Waals surface area (Å²) in [7, 11) is 5.19. The molecule has 0 fully saturated rings. The highest BCUT2D eigenvalue weighted by atomic mass is 16.5. The molecule has 0 saturated heterocycles. The van der Waals surface area contributed by atoms with E-state index in [1.54, 1.807) is 14.2 Å². The van der Waals surface area contributed by atoms with Crippen LogP contribution < -0.4 is 9.47 Å². The van der Waals surface area contributed by atoms with Gasteiger partial charge in [-0.1, -0.05) is 0 Å². The second-order valence-corrected chi connectivity index (χ2v) is 3.83. The first-order valence-corrected chi connectivity index (χ1v) is 5.28. The minimum atomic E-state index is 0.383. The molecule has 0 aliphatic rings. The Hall–Kier alpha value is -2.15. The largest absolute Gasteiger partial charge is 0.497 e. The molecule has 2 aromatic rings. The number of fused-ring (bicyclic) bond motifs is 1. The predicted molar refractivity (Wildman–Crippen MR) is 65.3 cm³/mol. The first kappa shape index (κ1) is 11.3. The Balaban J connectivity index is 2.77. The van der Waals surface area contributed by atoms with Crippen molar-refractivity contribution in [3.8, 4) is 17.6 Å². The fraction of sp³-hybridized carbons (Fsp3) is 0.308. The van der Waals surface area contributed by atoms with Crippen LogP contribution in [0.1, 0.15) is 5.56 Å². The number of methoxy groups -OCH3 is 2. The van der Waals surface area contributed by atoms with Gasteiger partial charge in [0.25, 0.3) is 0 Å². The average Bonchev–Trinajstić information content (AvgIpc) is 2.66. The van der Waals surface area contributed by atoms with Gasteiger partial charge in [0.05, 0.1) is 32.2 Å². The predicted octanol–water partition coefficient (Wildman–Crippen LogP) is 2.26. The number of rotatable bonds is 3. The van der Waals surface area contributed by atoms with Crippen molar-refractivity contribution >= 4 is 10.9 Å². The van der Waals surface area contributed by atoms with E-state index >= 15 is 0 Å². The molecule has 0 atom stereocenters. The van der Waals surface area contributed by atoms with Crippen LogP contribution in [0.4, 0.5) is 0 Å². The summed E-state index contributed by atoms with van der Waals surface area (Å²) < 4.78 is 12.6. The zero-order valence-corrected chi connectivity index (χ0v) is 10.2. The summed E-state index contributed by atoms with van der Waals surface area (Å²) in [4.78, 5) is 0. The summed E-state index contributed by atoms with van der Waals surface area (Å²) in [6.07, 6.45) is 2.34. The van der Waals surface area contributed by atoms with Crippen LogP contribution >= 0.6 is 0 Å². The van der Waals surface area contributed by atoms with Crippen molar-refractivity contribution in [3.63, 3.8) is 0 Å². The number of aryl methyl sites for hydroxylation is 1. The Bertz CT molecular complexity index is 593. The zero-order chi connectivity index (χ0) is 12.4. The molecule has 0 aliphatic heterocycles. The molecule has 4 heteroatoms. The molecule has 1 aromatic carbocycles. The van der Waals surface area contributed by atoms with E-state index in [1.807, 2.05) is 29.9 Å². The molecular weight excluding hydrogens is 216 g/mol. The topological polar surface area (TPSA) is 47.2 Å². The number of aromatic nitrogens is 1. The van der Waals surface area contributed by atoms with Gasteiger partial charge in [0.1, 0.15) is 11.5 Å². The molecule has 0 aliphatic carbocycles. The van der Waals surface area contributed by atoms with E-state index in [0.717, 1.165) is 28.0 Å². The van der Waals surface area contributed by atoms with Crippen molar-refractivity contribution in [2.75, 3.05) is 14.2 Å². The van der Waals surface area contributed by atoms with Crippen LogP contribution in [0.3, 0.4) is 0 Å². The fourth-order valence-corrected chi connectivity index (χ4v) is 2.06. The van der Waals surface area contributed by atoms with Crippen LogP contribution in [0.2, 0.25) is 0 Å². The Labute approximate surface area is 100.0 Å². The monoisotopic (exact) mass is 230 g/mol. The van der Waals surface area contributed by atoms with Gasteiger partial charge < -0.3 is 14.0 Å². The molecule has 1 heterocycles. The first-order chi connectivity index (χ1) is 8.21. The molecule has 0 spiro atoms. The highest BCUT2D eigenvalue weighted by molar-refractivity contribution is 5.90. The van der Waals surface area contributed by atoms with Crippen molar-refractivity contribution in [1.82, 2.24) is 4.57 Å². The summed E-state index contributed by atoms with van der Waals surface area (Å²) in [5, 5.41) is 9.82. The minimum absolute atomic E-state index is 0.383. The van der Waals surface area contributed by atoms with Gasteiger partial charge >= 0.3 is 0 Å². The molecule has 2 rings (SSSR count). The molecule has 0 unspecified atom stereocenters. The lowest BCUT2D eigenvalue weighted by Crippen LogP contribution is -1.92. The quantitative estimate of drug-likeness (QED) is 0.812. The number of nitrogens with zero attached hydrogens (tertiary/aromatic N) is 2. The van der Waals surface area contributed by atoms with E-state index in [1.165, 1.54) is 0 Å². The molecule has 0 radical (unpaired) electrons. The number of nitriles is 1. The van der Waals surface area contributed by atoms with Crippen LogP contribution in [0.5, 0.6) is 11.5 Å². The Kier molecular flexibility index (Phi) is 2.92. The maximum atomic E-state index is 8.82. The second kappa shape index (κ2) is 4.38. The van der Waals surface area contributed by atoms with Gasteiger partial charge in [0, 0.05) is 24.7 Å². The summed E-state index contributed by atoms with van der Waals surface area (Å²) in [5.74, 6) is 1.49. The van der Waals surface area contributed by atoms with Gasteiger partial charge in [-0.3, -0.25) is 0 Å². The molecular formula is C13H14N2O2. The molecule has 1 aromatic heterocycles. The smallest absolute Gasteiger partial charge is 0.146 e. The molecule has 0 amide bonds. The number of benzene rings is 1. The lowest BCUT2D eigenvalue weighted by Gasteiger charge is -2.07. The Morgan fingerprint density at radius 1 is 1.29 bits per heavy atom. The van der Waals surface area contributed by atoms with Crippen molar-refractivity contribution in [2.24, 2.45) is 7.05 Å². The highest BCUT2D eigenvalue weighted by Crippen LogP contribution is 2.34. The number of ether oxygens (including phenoxy) is 2. The van der Waals surface area contributed by atoms with E-state index in [-0.39, 0.29) is 0 Å².